The molecule has 3 aromatic heterocycles. The van der Waals surface area contributed by atoms with Gasteiger partial charge in [-0.05, 0) is 42.5 Å². The van der Waals surface area contributed by atoms with Crippen molar-refractivity contribution in [2.24, 2.45) is 0 Å². The molecule has 4 heterocycles. The van der Waals surface area contributed by atoms with Gasteiger partial charge in [-0.3, -0.25) is 4.90 Å². The molecule has 0 unspecified atom stereocenters. The lowest BCUT2D eigenvalue weighted by molar-refractivity contribution is 0.246. The second-order valence-corrected chi connectivity index (χ2v) is 8.12. The van der Waals surface area contributed by atoms with Crippen molar-refractivity contribution in [3.63, 3.8) is 0 Å². The molecule has 0 radical (unpaired) electrons. The third-order valence-corrected chi connectivity index (χ3v) is 6.12. The van der Waals surface area contributed by atoms with Crippen LogP contribution in [-0.2, 0) is 6.54 Å². The van der Waals surface area contributed by atoms with Crippen molar-refractivity contribution in [3.8, 4) is 22.8 Å². The minimum absolute atomic E-state index is 0.699. The third-order valence-electron chi connectivity index (χ3n) is 6.12. The number of hydrogen-bond donors (Lipinski definition) is 1. The molecule has 170 valence electrons. The number of nitrogens with zero attached hydrogens (tertiary/aromatic N) is 5. The van der Waals surface area contributed by atoms with Gasteiger partial charge in [0.15, 0.2) is 0 Å². The fourth-order valence-electron chi connectivity index (χ4n) is 4.36. The Labute approximate surface area is 193 Å². The highest BCUT2D eigenvalue weighted by Crippen LogP contribution is 2.36. The maximum Gasteiger partial charge on any atom is 0.137 e. The molecule has 1 aromatic carbocycles. The molecule has 0 spiro atoms. The number of anilines is 2. The quantitative estimate of drug-likeness (QED) is 0.489. The van der Waals surface area contributed by atoms with E-state index in [9.17, 15) is 0 Å². The van der Waals surface area contributed by atoms with E-state index >= 15 is 0 Å². The van der Waals surface area contributed by atoms with Crippen LogP contribution < -0.4 is 20.1 Å². The highest BCUT2D eigenvalue weighted by molar-refractivity contribution is 5.74. The van der Waals surface area contributed by atoms with E-state index in [0.29, 0.717) is 5.69 Å². The number of nitrogen functional groups attached to an aromatic ring is 1. The molecule has 0 amide bonds. The number of piperazine rings is 1. The molecule has 8 nitrogen and oxygen atoms in total. The molecule has 1 saturated heterocycles. The predicted molar refractivity (Wildman–Crippen MR) is 130 cm³/mol. The SMILES string of the molecule is COc1ccc(OC)c(-c2nc3ccc(N)cn3c2CN2CCN(c3ccccn3)CC2)c1. The normalized spacial score (nSPS) is 14.5. The highest BCUT2D eigenvalue weighted by Gasteiger charge is 2.23. The number of methoxy groups -OCH3 is 2. The van der Waals surface area contributed by atoms with Gasteiger partial charge in [0.2, 0.25) is 0 Å². The number of rotatable bonds is 6. The van der Waals surface area contributed by atoms with Crippen LogP contribution in [-0.4, -0.2) is 59.7 Å². The number of nitrogens with two attached hydrogens (primary N) is 1. The van der Waals surface area contributed by atoms with Crippen LogP contribution >= 0.6 is 0 Å². The maximum absolute atomic E-state index is 6.14. The van der Waals surface area contributed by atoms with E-state index in [-0.39, 0.29) is 0 Å². The molecule has 0 bridgehead atoms. The Kier molecular flexibility index (Phi) is 5.75. The minimum atomic E-state index is 0.699. The zero-order chi connectivity index (χ0) is 22.8. The summed E-state index contributed by atoms with van der Waals surface area (Å²) in [5, 5.41) is 0. The highest BCUT2D eigenvalue weighted by atomic mass is 16.5. The van der Waals surface area contributed by atoms with E-state index in [4.69, 9.17) is 20.2 Å². The molecule has 1 aliphatic heterocycles. The standard InChI is InChI=1S/C25H28N6O2/c1-32-19-7-8-22(33-2)20(15-19)25-21(31-16-18(26)6-9-24(31)28-25)17-29-11-13-30(14-12-29)23-5-3-4-10-27-23/h3-10,15-16H,11-14,17,26H2,1-2H3. The number of pyridine rings is 2. The second kappa shape index (κ2) is 8.99. The third kappa shape index (κ3) is 4.17. The lowest BCUT2D eigenvalue weighted by Crippen LogP contribution is -2.46. The molecular formula is C25H28N6O2. The maximum atomic E-state index is 6.14. The first-order valence-electron chi connectivity index (χ1n) is 11.0. The van der Waals surface area contributed by atoms with Gasteiger partial charge < -0.3 is 24.5 Å². The molecule has 1 aliphatic rings. The number of imidazole rings is 1. The van der Waals surface area contributed by atoms with Crippen molar-refractivity contribution in [2.75, 3.05) is 51.0 Å². The van der Waals surface area contributed by atoms with Gasteiger partial charge in [0.25, 0.3) is 0 Å². The van der Waals surface area contributed by atoms with Gasteiger partial charge in [-0.15, -0.1) is 0 Å². The van der Waals surface area contributed by atoms with Crippen LogP contribution in [0.1, 0.15) is 5.69 Å². The van der Waals surface area contributed by atoms with Crippen LogP contribution in [0, 0.1) is 0 Å². The monoisotopic (exact) mass is 444 g/mol. The Hall–Kier alpha value is -3.78. The first kappa shape index (κ1) is 21.1. The van der Waals surface area contributed by atoms with Crippen molar-refractivity contribution < 1.29 is 9.47 Å². The van der Waals surface area contributed by atoms with Gasteiger partial charge >= 0.3 is 0 Å². The summed E-state index contributed by atoms with van der Waals surface area (Å²) >= 11 is 0. The van der Waals surface area contributed by atoms with Gasteiger partial charge in [-0.25, -0.2) is 9.97 Å². The first-order chi connectivity index (χ1) is 16.2. The summed E-state index contributed by atoms with van der Waals surface area (Å²) in [6.45, 7) is 4.46. The molecule has 1 fully saturated rings. The molecule has 0 saturated carbocycles. The fourth-order valence-corrected chi connectivity index (χ4v) is 4.36. The lowest BCUT2D eigenvalue weighted by atomic mass is 10.1. The Morgan fingerprint density at radius 1 is 0.970 bits per heavy atom. The summed E-state index contributed by atoms with van der Waals surface area (Å²) in [6.07, 6.45) is 3.79. The largest absolute Gasteiger partial charge is 0.497 e. The summed E-state index contributed by atoms with van der Waals surface area (Å²) in [7, 11) is 3.34. The number of fused-ring (bicyclic) bond motifs is 1. The average Bonchev–Trinajstić information content (AvgIpc) is 3.21. The van der Waals surface area contributed by atoms with Gasteiger partial charge in [-0.1, -0.05) is 6.07 Å². The van der Waals surface area contributed by atoms with Crippen LogP contribution in [0.2, 0.25) is 0 Å². The summed E-state index contributed by atoms with van der Waals surface area (Å²) in [6, 6.07) is 15.7. The molecule has 2 N–H and O–H groups in total. The smallest absolute Gasteiger partial charge is 0.137 e. The van der Waals surface area contributed by atoms with E-state index in [0.717, 1.165) is 72.6 Å². The summed E-state index contributed by atoms with van der Waals surface area (Å²) in [4.78, 5) is 14.2. The van der Waals surface area contributed by atoms with E-state index in [1.54, 1.807) is 14.2 Å². The molecular weight excluding hydrogens is 416 g/mol. The summed E-state index contributed by atoms with van der Waals surface area (Å²) in [5.41, 5.74) is 10.6. The van der Waals surface area contributed by atoms with Crippen molar-refractivity contribution in [1.82, 2.24) is 19.3 Å². The van der Waals surface area contributed by atoms with Crippen molar-refractivity contribution in [1.29, 1.82) is 0 Å². The molecule has 4 aromatic rings. The first-order valence-corrected chi connectivity index (χ1v) is 11.0. The zero-order valence-electron chi connectivity index (χ0n) is 18.9. The summed E-state index contributed by atoms with van der Waals surface area (Å²) < 4.78 is 13.2. The molecule has 0 aliphatic carbocycles. The molecule has 5 rings (SSSR count). The van der Waals surface area contributed by atoms with Crippen molar-refractivity contribution >= 4 is 17.2 Å². The topological polar surface area (TPSA) is 81.1 Å². The summed E-state index contributed by atoms with van der Waals surface area (Å²) in [5.74, 6) is 2.55. The van der Waals surface area contributed by atoms with Gasteiger partial charge in [-0.2, -0.15) is 0 Å². The van der Waals surface area contributed by atoms with Crippen LogP contribution in [0.5, 0.6) is 11.5 Å². The molecule has 0 atom stereocenters. The molecule has 33 heavy (non-hydrogen) atoms. The minimum Gasteiger partial charge on any atom is -0.497 e. The van der Waals surface area contributed by atoms with E-state index in [1.165, 1.54) is 0 Å². The Morgan fingerprint density at radius 3 is 2.55 bits per heavy atom. The second-order valence-electron chi connectivity index (χ2n) is 8.12. The van der Waals surface area contributed by atoms with E-state index < -0.39 is 0 Å². The Morgan fingerprint density at radius 2 is 1.82 bits per heavy atom. The fraction of sp³-hybridized carbons (Fsp3) is 0.280. The van der Waals surface area contributed by atoms with Crippen LogP contribution in [0.4, 0.5) is 11.5 Å². The number of ether oxygens (including phenoxy) is 2. The Balaban J connectivity index is 1.49. The number of hydrogen-bond acceptors (Lipinski definition) is 7. The van der Waals surface area contributed by atoms with E-state index in [1.807, 2.05) is 54.9 Å². The van der Waals surface area contributed by atoms with Gasteiger partial charge in [0.1, 0.15) is 23.0 Å². The Bertz CT molecular complexity index is 1250. The average molecular weight is 445 g/mol. The zero-order valence-corrected chi connectivity index (χ0v) is 18.9. The van der Waals surface area contributed by atoms with Crippen molar-refractivity contribution in [3.05, 3.63) is 66.6 Å². The van der Waals surface area contributed by atoms with Gasteiger partial charge in [0.05, 0.1) is 25.6 Å². The van der Waals surface area contributed by atoms with Crippen LogP contribution in [0.3, 0.4) is 0 Å². The molecule has 8 heteroatoms. The number of benzene rings is 1. The van der Waals surface area contributed by atoms with Crippen molar-refractivity contribution in [2.45, 2.75) is 6.54 Å². The lowest BCUT2D eigenvalue weighted by Gasteiger charge is -2.35. The van der Waals surface area contributed by atoms with Crippen LogP contribution in [0.25, 0.3) is 16.9 Å². The predicted octanol–water partition coefficient (Wildman–Crippen LogP) is 3.32. The van der Waals surface area contributed by atoms with Crippen LogP contribution in [0.15, 0.2) is 60.9 Å². The van der Waals surface area contributed by atoms with E-state index in [2.05, 4.69) is 25.3 Å². The van der Waals surface area contributed by atoms with Gasteiger partial charge in [0, 0.05) is 56.4 Å². The number of aromatic nitrogens is 3.